The number of alkyl halides is 9. The van der Waals surface area contributed by atoms with Crippen LogP contribution in [0.1, 0.15) is 11.3 Å². The van der Waals surface area contributed by atoms with E-state index in [2.05, 4.69) is 9.72 Å². The number of nitrogens with zero attached hydrogens (tertiary/aromatic N) is 1. The van der Waals surface area contributed by atoms with E-state index in [1.165, 1.54) is 0 Å². The Morgan fingerprint density at radius 1 is 0.760 bits per heavy atom. The molecule has 0 spiro atoms. The third-order valence-corrected chi connectivity index (χ3v) is 2.89. The summed E-state index contributed by atoms with van der Waals surface area (Å²) in [6.45, 7) is 0. The largest absolute Gasteiger partial charge is 0.573 e. The standard InChI is InChI=1S/C14H6F9NO/c15-12(16,17)7-5-9(11(24-6-7)13(18,19)20)8-3-1-2-4-10(8)25-14(21,22)23/h1-6H. The number of para-hydroxylation sites is 1. The Kier molecular flexibility index (Phi) is 4.62. The molecule has 0 amide bonds. The average Bonchev–Trinajstić information content (AvgIpc) is 2.43. The Bertz CT molecular complexity index is 762. The fourth-order valence-corrected chi connectivity index (χ4v) is 1.95. The van der Waals surface area contributed by atoms with E-state index in [4.69, 9.17) is 0 Å². The third kappa shape index (κ3) is 4.54. The number of halogens is 9. The molecule has 0 aliphatic carbocycles. The lowest BCUT2D eigenvalue weighted by molar-refractivity contribution is -0.274. The van der Waals surface area contributed by atoms with Crippen molar-refractivity contribution in [2.24, 2.45) is 0 Å². The van der Waals surface area contributed by atoms with Crippen molar-refractivity contribution < 1.29 is 44.3 Å². The molecule has 0 aliphatic heterocycles. The molecule has 0 aliphatic rings. The van der Waals surface area contributed by atoms with Crippen LogP contribution in [0.15, 0.2) is 36.5 Å². The third-order valence-electron chi connectivity index (χ3n) is 2.89. The van der Waals surface area contributed by atoms with E-state index >= 15 is 0 Å². The zero-order chi connectivity index (χ0) is 19.0. The minimum absolute atomic E-state index is 0.0421. The predicted octanol–water partition coefficient (Wildman–Crippen LogP) is 5.68. The first-order chi connectivity index (χ1) is 11.3. The number of ether oxygens (including phenoxy) is 1. The molecule has 2 nitrogen and oxygen atoms in total. The smallest absolute Gasteiger partial charge is 0.405 e. The van der Waals surface area contributed by atoms with Crippen LogP contribution in [0.2, 0.25) is 0 Å². The van der Waals surface area contributed by atoms with E-state index in [1.807, 2.05) is 0 Å². The van der Waals surface area contributed by atoms with Gasteiger partial charge in [-0.1, -0.05) is 18.2 Å². The molecular weight excluding hydrogens is 369 g/mol. The van der Waals surface area contributed by atoms with Crippen LogP contribution in [0.25, 0.3) is 11.1 Å². The normalized spacial score (nSPS) is 13.0. The molecule has 11 heteroatoms. The van der Waals surface area contributed by atoms with Gasteiger partial charge in [0.1, 0.15) is 5.75 Å². The SMILES string of the molecule is FC(F)(F)Oc1ccccc1-c1cc(C(F)(F)F)cnc1C(F)(F)F. The van der Waals surface area contributed by atoms with Crippen LogP contribution in [0, 0.1) is 0 Å². The number of hydrogen-bond donors (Lipinski definition) is 0. The summed E-state index contributed by atoms with van der Waals surface area (Å²) in [5, 5.41) is 0. The summed E-state index contributed by atoms with van der Waals surface area (Å²) in [4.78, 5) is 2.75. The van der Waals surface area contributed by atoms with Crippen molar-refractivity contribution in [2.75, 3.05) is 0 Å². The number of rotatable bonds is 2. The first-order valence-electron chi connectivity index (χ1n) is 6.28. The Labute approximate surface area is 133 Å². The maximum Gasteiger partial charge on any atom is 0.573 e. The van der Waals surface area contributed by atoms with E-state index in [9.17, 15) is 39.5 Å². The molecule has 136 valence electrons. The fraction of sp³-hybridized carbons (Fsp3) is 0.214. The maximum absolute atomic E-state index is 13.0. The number of benzene rings is 1. The lowest BCUT2D eigenvalue weighted by Crippen LogP contribution is -2.18. The van der Waals surface area contributed by atoms with Crippen LogP contribution >= 0.6 is 0 Å². The first-order valence-corrected chi connectivity index (χ1v) is 6.28. The van der Waals surface area contributed by atoms with Gasteiger partial charge in [-0.25, -0.2) is 0 Å². The molecule has 0 unspecified atom stereocenters. The van der Waals surface area contributed by atoms with Gasteiger partial charge in [0.2, 0.25) is 0 Å². The van der Waals surface area contributed by atoms with E-state index in [1.54, 1.807) is 0 Å². The van der Waals surface area contributed by atoms with Crippen molar-refractivity contribution in [3.05, 3.63) is 47.8 Å². The average molecular weight is 375 g/mol. The van der Waals surface area contributed by atoms with E-state index in [-0.39, 0.29) is 12.3 Å². The molecule has 0 saturated carbocycles. The highest BCUT2D eigenvalue weighted by atomic mass is 19.4. The highest BCUT2D eigenvalue weighted by Crippen LogP contribution is 2.42. The molecule has 2 aromatic rings. The van der Waals surface area contributed by atoms with Crippen LogP contribution in [-0.2, 0) is 12.4 Å². The summed E-state index contributed by atoms with van der Waals surface area (Å²) in [5.74, 6) is -1.08. The van der Waals surface area contributed by atoms with E-state index in [0.717, 1.165) is 18.2 Å². The summed E-state index contributed by atoms with van der Waals surface area (Å²) in [7, 11) is 0. The second-order valence-corrected chi connectivity index (χ2v) is 4.66. The zero-order valence-electron chi connectivity index (χ0n) is 11.7. The minimum Gasteiger partial charge on any atom is -0.405 e. The van der Waals surface area contributed by atoms with Gasteiger partial charge < -0.3 is 4.74 Å². The summed E-state index contributed by atoms with van der Waals surface area (Å²) in [6.07, 6.45) is -15.5. The molecule has 0 N–H and O–H groups in total. The van der Waals surface area contributed by atoms with Crippen molar-refractivity contribution in [2.45, 2.75) is 18.7 Å². The molecule has 1 heterocycles. The van der Waals surface area contributed by atoms with Crippen LogP contribution < -0.4 is 4.74 Å². The van der Waals surface area contributed by atoms with Gasteiger partial charge in [0, 0.05) is 17.3 Å². The van der Waals surface area contributed by atoms with E-state index in [0.29, 0.717) is 6.07 Å². The Hall–Kier alpha value is -2.46. The second kappa shape index (κ2) is 6.12. The van der Waals surface area contributed by atoms with E-state index < -0.39 is 46.8 Å². The van der Waals surface area contributed by atoms with Gasteiger partial charge in [0.05, 0.1) is 5.56 Å². The van der Waals surface area contributed by atoms with Gasteiger partial charge in [-0.2, -0.15) is 26.3 Å². The molecule has 0 fully saturated rings. The Morgan fingerprint density at radius 3 is 1.88 bits per heavy atom. The molecule has 0 bridgehead atoms. The predicted molar refractivity (Wildman–Crippen MR) is 66.4 cm³/mol. The molecule has 0 radical (unpaired) electrons. The van der Waals surface area contributed by atoms with Gasteiger partial charge in [0.25, 0.3) is 0 Å². The molecule has 1 aromatic heterocycles. The van der Waals surface area contributed by atoms with Gasteiger partial charge in [-0.3, -0.25) is 4.98 Å². The summed E-state index contributed by atoms with van der Waals surface area (Å²) < 4.78 is 118. The summed E-state index contributed by atoms with van der Waals surface area (Å²) in [6, 6.07) is 3.61. The Morgan fingerprint density at radius 2 is 1.36 bits per heavy atom. The number of hydrogen-bond acceptors (Lipinski definition) is 2. The van der Waals surface area contributed by atoms with Crippen molar-refractivity contribution in [1.29, 1.82) is 0 Å². The lowest BCUT2D eigenvalue weighted by Gasteiger charge is -2.18. The second-order valence-electron chi connectivity index (χ2n) is 4.66. The van der Waals surface area contributed by atoms with Gasteiger partial charge >= 0.3 is 18.7 Å². The monoisotopic (exact) mass is 375 g/mol. The van der Waals surface area contributed by atoms with Crippen molar-refractivity contribution in [1.82, 2.24) is 4.98 Å². The first kappa shape index (κ1) is 18.9. The highest BCUT2D eigenvalue weighted by molar-refractivity contribution is 5.73. The summed E-state index contributed by atoms with van der Waals surface area (Å²) in [5.41, 5.74) is -5.32. The molecule has 0 saturated heterocycles. The molecular formula is C14H6F9NO. The topological polar surface area (TPSA) is 22.1 Å². The van der Waals surface area contributed by atoms with Gasteiger partial charge in [-0.05, 0) is 12.1 Å². The number of pyridine rings is 1. The molecule has 2 rings (SSSR count). The zero-order valence-corrected chi connectivity index (χ0v) is 11.7. The quantitative estimate of drug-likeness (QED) is 0.630. The molecule has 0 atom stereocenters. The minimum atomic E-state index is -5.25. The van der Waals surface area contributed by atoms with Crippen LogP contribution in [0.3, 0.4) is 0 Å². The van der Waals surface area contributed by atoms with Crippen LogP contribution in [-0.4, -0.2) is 11.3 Å². The van der Waals surface area contributed by atoms with Gasteiger partial charge in [-0.15, -0.1) is 13.2 Å². The summed E-state index contributed by atoms with van der Waals surface area (Å²) >= 11 is 0. The van der Waals surface area contributed by atoms with Crippen LogP contribution in [0.5, 0.6) is 5.75 Å². The van der Waals surface area contributed by atoms with Crippen LogP contribution in [0.4, 0.5) is 39.5 Å². The van der Waals surface area contributed by atoms with Crippen molar-refractivity contribution in [3.8, 4) is 16.9 Å². The fourth-order valence-electron chi connectivity index (χ4n) is 1.95. The highest BCUT2D eigenvalue weighted by Gasteiger charge is 2.40. The lowest BCUT2D eigenvalue weighted by atomic mass is 10.0. The Balaban J connectivity index is 2.73. The maximum atomic E-state index is 13.0. The van der Waals surface area contributed by atoms with Gasteiger partial charge in [0.15, 0.2) is 5.69 Å². The molecule has 25 heavy (non-hydrogen) atoms. The van der Waals surface area contributed by atoms with Crippen molar-refractivity contribution >= 4 is 0 Å². The van der Waals surface area contributed by atoms with Crippen molar-refractivity contribution in [3.63, 3.8) is 0 Å². The number of aromatic nitrogens is 1. The molecule has 1 aromatic carbocycles.